The molecule has 3 rings (SSSR count). The number of pyridine rings is 1. The number of nitrogens with two attached hydrogens (primary N) is 1. The summed E-state index contributed by atoms with van der Waals surface area (Å²) >= 11 is 0. The van der Waals surface area contributed by atoms with Gasteiger partial charge in [0.15, 0.2) is 0 Å². The van der Waals surface area contributed by atoms with Gasteiger partial charge in [0, 0.05) is 24.5 Å². The summed E-state index contributed by atoms with van der Waals surface area (Å²) in [5, 5.41) is 10.9. The van der Waals surface area contributed by atoms with Crippen molar-refractivity contribution >= 4 is 16.5 Å². The third-order valence-electron chi connectivity index (χ3n) is 3.63. The fourth-order valence-corrected chi connectivity index (χ4v) is 2.47. The summed E-state index contributed by atoms with van der Waals surface area (Å²) < 4.78 is 7.25. The highest BCUT2D eigenvalue weighted by Gasteiger charge is 2.04. The van der Waals surface area contributed by atoms with Gasteiger partial charge in [0.25, 0.3) is 5.56 Å². The highest BCUT2D eigenvalue weighted by molar-refractivity contribution is 5.82. The number of phenolic OH excluding ortho intramolecular Hbond substituents is 1. The molecule has 5 nitrogen and oxygen atoms in total. The van der Waals surface area contributed by atoms with Gasteiger partial charge in [-0.1, -0.05) is 12.1 Å². The Bertz CT molecular complexity index is 887. The van der Waals surface area contributed by atoms with Gasteiger partial charge in [0.05, 0.1) is 12.0 Å². The molecule has 0 radical (unpaired) electrons. The molecular formula is C18H18N2O3. The van der Waals surface area contributed by atoms with Crippen LogP contribution in [0.5, 0.6) is 11.5 Å². The van der Waals surface area contributed by atoms with Crippen molar-refractivity contribution in [2.75, 3.05) is 12.3 Å². The minimum atomic E-state index is -0.109. The monoisotopic (exact) mass is 310 g/mol. The van der Waals surface area contributed by atoms with E-state index in [1.807, 2.05) is 18.2 Å². The average molecular weight is 310 g/mol. The van der Waals surface area contributed by atoms with Crippen LogP contribution in [0.3, 0.4) is 0 Å². The molecule has 0 amide bonds. The number of nitrogen functional groups attached to an aromatic ring is 1. The van der Waals surface area contributed by atoms with Gasteiger partial charge in [0.2, 0.25) is 0 Å². The maximum Gasteiger partial charge on any atom is 0.258 e. The number of benzene rings is 2. The molecule has 3 aromatic rings. The molecule has 1 heterocycles. The number of hydrogen-bond donors (Lipinski definition) is 2. The minimum absolute atomic E-state index is 0.0948. The zero-order valence-corrected chi connectivity index (χ0v) is 12.6. The molecule has 0 unspecified atom stereocenters. The van der Waals surface area contributed by atoms with E-state index in [9.17, 15) is 9.90 Å². The largest absolute Gasteiger partial charge is 0.508 e. The second kappa shape index (κ2) is 6.44. The smallest absolute Gasteiger partial charge is 0.258 e. The predicted molar refractivity (Wildman–Crippen MR) is 90.8 cm³/mol. The average Bonchev–Trinajstić information content (AvgIpc) is 2.54. The Morgan fingerprint density at radius 2 is 2.00 bits per heavy atom. The minimum Gasteiger partial charge on any atom is -0.508 e. The molecule has 5 heteroatoms. The lowest BCUT2D eigenvalue weighted by molar-refractivity contribution is 0.301. The third-order valence-corrected chi connectivity index (χ3v) is 3.63. The van der Waals surface area contributed by atoms with Crippen LogP contribution in [0.4, 0.5) is 5.69 Å². The van der Waals surface area contributed by atoms with E-state index in [0.29, 0.717) is 30.6 Å². The molecule has 0 bridgehead atoms. The Hall–Kier alpha value is -2.95. The lowest BCUT2D eigenvalue weighted by atomic mass is 10.1. The van der Waals surface area contributed by atoms with Crippen LogP contribution in [0, 0.1) is 0 Å². The number of aromatic nitrogens is 1. The highest BCUT2D eigenvalue weighted by Crippen LogP contribution is 2.17. The van der Waals surface area contributed by atoms with E-state index in [4.69, 9.17) is 10.5 Å². The van der Waals surface area contributed by atoms with E-state index < -0.39 is 0 Å². The molecule has 0 fully saturated rings. The quantitative estimate of drug-likeness (QED) is 0.561. The standard InChI is InChI=1S/C18H18N2O3/c19-14-3-1-4-16(11-14)23-10-2-8-20-9-7-13-5-6-15(21)12-17(13)18(20)22/h1,3-7,9,11-12,21H,2,8,10,19H2. The topological polar surface area (TPSA) is 77.5 Å². The van der Waals surface area contributed by atoms with Crippen molar-refractivity contribution in [2.45, 2.75) is 13.0 Å². The Balaban J connectivity index is 1.65. The van der Waals surface area contributed by atoms with Gasteiger partial charge in [-0.2, -0.15) is 0 Å². The summed E-state index contributed by atoms with van der Waals surface area (Å²) in [5.41, 5.74) is 6.24. The first-order valence-electron chi connectivity index (χ1n) is 7.44. The highest BCUT2D eigenvalue weighted by atomic mass is 16.5. The Kier molecular flexibility index (Phi) is 4.19. The number of ether oxygens (including phenoxy) is 1. The summed E-state index contributed by atoms with van der Waals surface area (Å²) in [4.78, 5) is 12.4. The summed E-state index contributed by atoms with van der Waals surface area (Å²) in [7, 11) is 0. The van der Waals surface area contributed by atoms with Gasteiger partial charge in [-0.15, -0.1) is 0 Å². The molecule has 0 atom stereocenters. The third kappa shape index (κ3) is 3.45. The van der Waals surface area contributed by atoms with Crippen molar-refractivity contribution in [3.8, 4) is 11.5 Å². The molecule has 23 heavy (non-hydrogen) atoms. The molecule has 2 aromatic carbocycles. The van der Waals surface area contributed by atoms with E-state index in [1.54, 1.807) is 35.0 Å². The second-order valence-corrected chi connectivity index (χ2v) is 5.36. The number of fused-ring (bicyclic) bond motifs is 1. The van der Waals surface area contributed by atoms with E-state index in [1.165, 1.54) is 6.07 Å². The van der Waals surface area contributed by atoms with Crippen molar-refractivity contribution in [1.29, 1.82) is 0 Å². The Morgan fingerprint density at radius 1 is 1.13 bits per heavy atom. The number of anilines is 1. The van der Waals surface area contributed by atoms with Crippen LogP contribution in [0.2, 0.25) is 0 Å². The van der Waals surface area contributed by atoms with Crippen molar-refractivity contribution in [3.05, 3.63) is 65.1 Å². The van der Waals surface area contributed by atoms with Crippen LogP contribution in [0.1, 0.15) is 6.42 Å². The van der Waals surface area contributed by atoms with Gasteiger partial charge >= 0.3 is 0 Å². The SMILES string of the molecule is Nc1cccc(OCCCn2ccc3ccc(O)cc3c2=O)c1. The van der Waals surface area contributed by atoms with E-state index in [-0.39, 0.29) is 11.3 Å². The maximum atomic E-state index is 12.4. The molecule has 1 aromatic heterocycles. The summed E-state index contributed by atoms with van der Waals surface area (Å²) in [6.07, 6.45) is 2.46. The van der Waals surface area contributed by atoms with Crippen molar-refractivity contribution in [3.63, 3.8) is 0 Å². The van der Waals surface area contributed by atoms with Crippen LogP contribution < -0.4 is 16.0 Å². The number of hydrogen-bond acceptors (Lipinski definition) is 4. The summed E-state index contributed by atoms with van der Waals surface area (Å²) in [6.45, 7) is 1.04. The lowest BCUT2D eigenvalue weighted by Crippen LogP contribution is -2.20. The molecule has 0 aliphatic heterocycles. The maximum absolute atomic E-state index is 12.4. The van der Waals surface area contributed by atoms with Crippen LogP contribution in [0.25, 0.3) is 10.8 Å². The van der Waals surface area contributed by atoms with E-state index in [2.05, 4.69) is 0 Å². The van der Waals surface area contributed by atoms with Gasteiger partial charge < -0.3 is 20.1 Å². The number of nitrogens with zero attached hydrogens (tertiary/aromatic N) is 1. The van der Waals surface area contributed by atoms with Crippen molar-refractivity contribution in [1.82, 2.24) is 4.57 Å². The fourth-order valence-electron chi connectivity index (χ4n) is 2.47. The number of aromatic hydroxyl groups is 1. The fraction of sp³-hybridized carbons (Fsp3) is 0.167. The summed E-state index contributed by atoms with van der Waals surface area (Å²) in [5.74, 6) is 0.818. The van der Waals surface area contributed by atoms with Crippen LogP contribution in [-0.2, 0) is 6.54 Å². The number of rotatable bonds is 5. The second-order valence-electron chi connectivity index (χ2n) is 5.36. The zero-order chi connectivity index (χ0) is 16.2. The van der Waals surface area contributed by atoms with Crippen LogP contribution in [-0.4, -0.2) is 16.3 Å². The van der Waals surface area contributed by atoms with Crippen LogP contribution >= 0.6 is 0 Å². The van der Waals surface area contributed by atoms with E-state index in [0.717, 1.165) is 11.1 Å². The van der Waals surface area contributed by atoms with Gasteiger partial charge in [-0.3, -0.25) is 4.79 Å². The number of aryl methyl sites for hydroxylation is 1. The molecule has 0 saturated heterocycles. The molecule has 118 valence electrons. The van der Waals surface area contributed by atoms with Gasteiger partial charge in [-0.05, 0) is 42.1 Å². The zero-order valence-electron chi connectivity index (χ0n) is 12.6. The van der Waals surface area contributed by atoms with Crippen molar-refractivity contribution < 1.29 is 9.84 Å². The predicted octanol–water partition coefficient (Wildman–Crippen LogP) is 2.76. The molecule has 0 saturated carbocycles. The molecule has 0 spiro atoms. The molecule has 0 aliphatic carbocycles. The first kappa shape index (κ1) is 15.0. The van der Waals surface area contributed by atoms with Gasteiger partial charge in [0.1, 0.15) is 11.5 Å². The molecule has 3 N–H and O–H groups in total. The first-order chi connectivity index (χ1) is 11.1. The molecular weight excluding hydrogens is 292 g/mol. The van der Waals surface area contributed by atoms with Gasteiger partial charge in [-0.25, -0.2) is 0 Å². The van der Waals surface area contributed by atoms with Crippen molar-refractivity contribution in [2.24, 2.45) is 0 Å². The Labute approximate surface area is 133 Å². The van der Waals surface area contributed by atoms with E-state index >= 15 is 0 Å². The molecule has 0 aliphatic rings. The Morgan fingerprint density at radius 3 is 2.83 bits per heavy atom. The normalized spacial score (nSPS) is 10.8. The first-order valence-corrected chi connectivity index (χ1v) is 7.44. The lowest BCUT2D eigenvalue weighted by Gasteiger charge is -2.09. The summed E-state index contributed by atoms with van der Waals surface area (Å²) in [6, 6.07) is 13.9. The number of phenols is 1. The van der Waals surface area contributed by atoms with Crippen LogP contribution in [0.15, 0.2) is 59.5 Å².